The van der Waals surface area contributed by atoms with E-state index in [1.807, 2.05) is 26.0 Å². The maximum atomic E-state index is 12.1. The predicted octanol–water partition coefficient (Wildman–Crippen LogP) is 3.53. The number of carbonyl (C=O) groups is 1. The summed E-state index contributed by atoms with van der Waals surface area (Å²) >= 11 is 0. The van der Waals surface area contributed by atoms with Crippen LogP contribution in [0.5, 0.6) is 0 Å². The molecule has 1 unspecified atom stereocenters. The van der Waals surface area contributed by atoms with E-state index in [0.717, 1.165) is 12.1 Å². The standard InChI is InChI=1S/C18H23N3O/c1-4-14(3)21-18(22)16-9-17(12-19-11-16)20-10-15-7-5-6-13(2)8-15/h5-9,11-12,14,20H,4,10H2,1-3H3,(H,21,22). The van der Waals surface area contributed by atoms with Crippen molar-refractivity contribution in [3.8, 4) is 0 Å². The molecule has 116 valence electrons. The first-order chi connectivity index (χ1) is 10.6. The maximum absolute atomic E-state index is 12.1. The minimum Gasteiger partial charge on any atom is -0.380 e. The third-order valence-electron chi connectivity index (χ3n) is 3.57. The summed E-state index contributed by atoms with van der Waals surface area (Å²) in [4.78, 5) is 16.3. The van der Waals surface area contributed by atoms with Crippen LogP contribution in [0.2, 0.25) is 0 Å². The van der Waals surface area contributed by atoms with Crippen LogP contribution >= 0.6 is 0 Å². The smallest absolute Gasteiger partial charge is 0.253 e. The van der Waals surface area contributed by atoms with E-state index in [9.17, 15) is 4.79 Å². The lowest BCUT2D eigenvalue weighted by atomic mass is 10.1. The van der Waals surface area contributed by atoms with Gasteiger partial charge < -0.3 is 10.6 Å². The first-order valence-electron chi connectivity index (χ1n) is 7.64. The lowest BCUT2D eigenvalue weighted by molar-refractivity contribution is 0.0939. The largest absolute Gasteiger partial charge is 0.380 e. The van der Waals surface area contributed by atoms with E-state index < -0.39 is 0 Å². The summed E-state index contributed by atoms with van der Waals surface area (Å²) in [6.07, 6.45) is 4.23. The number of carbonyl (C=O) groups excluding carboxylic acids is 1. The number of anilines is 1. The molecule has 2 aromatic rings. The molecule has 4 heteroatoms. The molecule has 1 amide bonds. The fraction of sp³-hybridized carbons (Fsp3) is 0.333. The molecule has 0 fully saturated rings. The maximum Gasteiger partial charge on any atom is 0.253 e. The van der Waals surface area contributed by atoms with E-state index in [4.69, 9.17) is 0 Å². The highest BCUT2D eigenvalue weighted by molar-refractivity contribution is 5.94. The van der Waals surface area contributed by atoms with Gasteiger partial charge in [0.1, 0.15) is 0 Å². The van der Waals surface area contributed by atoms with Crippen molar-refractivity contribution in [2.75, 3.05) is 5.32 Å². The van der Waals surface area contributed by atoms with Gasteiger partial charge in [-0.2, -0.15) is 0 Å². The fourth-order valence-corrected chi connectivity index (χ4v) is 2.10. The van der Waals surface area contributed by atoms with E-state index in [1.165, 1.54) is 11.1 Å². The van der Waals surface area contributed by atoms with Crippen molar-refractivity contribution in [1.82, 2.24) is 10.3 Å². The molecule has 0 radical (unpaired) electrons. The van der Waals surface area contributed by atoms with Crippen molar-refractivity contribution in [2.24, 2.45) is 0 Å². The molecule has 2 N–H and O–H groups in total. The van der Waals surface area contributed by atoms with Gasteiger partial charge in [0, 0.05) is 25.0 Å². The van der Waals surface area contributed by atoms with Gasteiger partial charge in [-0.3, -0.25) is 9.78 Å². The molecule has 2 rings (SSSR count). The van der Waals surface area contributed by atoms with Gasteiger partial charge in [0.15, 0.2) is 0 Å². The third kappa shape index (κ3) is 4.58. The lowest BCUT2D eigenvalue weighted by Gasteiger charge is -2.12. The van der Waals surface area contributed by atoms with Crippen LogP contribution in [-0.4, -0.2) is 16.9 Å². The normalized spacial score (nSPS) is 11.8. The Hall–Kier alpha value is -2.36. The average molecular weight is 297 g/mol. The van der Waals surface area contributed by atoms with Gasteiger partial charge >= 0.3 is 0 Å². The van der Waals surface area contributed by atoms with Crippen LogP contribution in [0.25, 0.3) is 0 Å². The van der Waals surface area contributed by atoms with E-state index >= 15 is 0 Å². The molecule has 1 aromatic heterocycles. The number of amides is 1. The van der Waals surface area contributed by atoms with Crippen molar-refractivity contribution in [3.63, 3.8) is 0 Å². The quantitative estimate of drug-likeness (QED) is 0.857. The molecule has 4 nitrogen and oxygen atoms in total. The summed E-state index contributed by atoms with van der Waals surface area (Å²) in [6.45, 7) is 6.82. The highest BCUT2D eigenvalue weighted by atomic mass is 16.1. The van der Waals surface area contributed by atoms with Crippen LogP contribution in [0.3, 0.4) is 0 Å². The summed E-state index contributed by atoms with van der Waals surface area (Å²) in [5, 5.41) is 6.26. The monoisotopic (exact) mass is 297 g/mol. The SMILES string of the molecule is CCC(C)NC(=O)c1cncc(NCc2cccc(C)c2)c1. The van der Waals surface area contributed by atoms with Crippen LogP contribution in [0.15, 0.2) is 42.7 Å². The summed E-state index contributed by atoms with van der Waals surface area (Å²) in [7, 11) is 0. The zero-order chi connectivity index (χ0) is 15.9. The molecular formula is C18H23N3O. The molecule has 0 aliphatic heterocycles. The molecule has 1 atom stereocenters. The van der Waals surface area contributed by atoms with Gasteiger partial charge in [-0.05, 0) is 31.9 Å². The number of nitrogens with zero attached hydrogens (tertiary/aromatic N) is 1. The topological polar surface area (TPSA) is 54.0 Å². The van der Waals surface area contributed by atoms with E-state index in [-0.39, 0.29) is 11.9 Å². The number of hydrogen-bond acceptors (Lipinski definition) is 3. The van der Waals surface area contributed by atoms with Gasteiger partial charge in [-0.15, -0.1) is 0 Å². The van der Waals surface area contributed by atoms with Gasteiger partial charge in [-0.1, -0.05) is 36.8 Å². The molecule has 0 spiro atoms. The number of nitrogens with one attached hydrogen (secondary N) is 2. The minimum absolute atomic E-state index is 0.0824. The number of hydrogen-bond donors (Lipinski definition) is 2. The fourth-order valence-electron chi connectivity index (χ4n) is 2.10. The molecule has 0 saturated carbocycles. The third-order valence-corrected chi connectivity index (χ3v) is 3.57. The van der Waals surface area contributed by atoms with E-state index in [0.29, 0.717) is 12.1 Å². The predicted molar refractivity (Wildman–Crippen MR) is 90.0 cm³/mol. The van der Waals surface area contributed by atoms with Crippen LogP contribution in [-0.2, 0) is 6.54 Å². The van der Waals surface area contributed by atoms with Gasteiger partial charge in [0.05, 0.1) is 11.3 Å². The van der Waals surface area contributed by atoms with E-state index in [2.05, 4.69) is 40.7 Å². The number of rotatable bonds is 6. The Balaban J connectivity index is 2.00. The Morgan fingerprint density at radius 2 is 2.09 bits per heavy atom. The van der Waals surface area contributed by atoms with Crippen LogP contribution in [0, 0.1) is 6.92 Å². The highest BCUT2D eigenvalue weighted by Gasteiger charge is 2.09. The Bertz CT molecular complexity index is 640. The molecule has 0 saturated heterocycles. The molecule has 22 heavy (non-hydrogen) atoms. The zero-order valence-electron chi connectivity index (χ0n) is 13.4. The first-order valence-corrected chi connectivity index (χ1v) is 7.64. The van der Waals surface area contributed by atoms with E-state index in [1.54, 1.807) is 12.4 Å². The van der Waals surface area contributed by atoms with Crippen molar-refractivity contribution < 1.29 is 4.79 Å². The van der Waals surface area contributed by atoms with Crippen LogP contribution < -0.4 is 10.6 Å². The van der Waals surface area contributed by atoms with Gasteiger partial charge in [0.2, 0.25) is 0 Å². The van der Waals surface area contributed by atoms with Crippen LogP contribution in [0.4, 0.5) is 5.69 Å². The molecule has 0 aliphatic rings. The molecule has 1 heterocycles. The second kappa shape index (κ2) is 7.59. The van der Waals surface area contributed by atoms with Crippen molar-refractivity contribution in [3.05, 3.63) is 59.4 Å². The summed E-state index contributed by atoms with van der Waals surface area (Å²) in [5.74, 6) is -0.0824. The summed E-state index contributed by atoms with van der Waals surface area (Å²) in [6, 6.07) is 10.3. The number of pyridine rings is 1. The van der Waals surface area contributed by atoms with Crippen molar-refractivity contribution >= 4 is 11.6 Å². The molecular weight excluding hydrogens is 274 g/mol. The van der Waals surface area contributed by atoms with Crippen molar-refractivity contribution in [2.45, 2.75) is 39.8 Å². The second-order valence-electron chi connectivity index (χ2n) is 5.59. The van der Waals surface area contributed by atoms with Gasteiger partial charge in [-0.25, -0.2) is 0 Å². The zero-order valence-corrected chi connectivity index (χ0v) is 13.4. The Labute approximate surface area is 132 Å². The molecule has 0 bridgehead atoms. The Morgan fingerprint density at radius 1 is 1.27 bits per heavy atom. The van der Waals surface area contributed by atoms with Gasteiger partial charge in [0.25, 0.3) is 5.91 Å². The number of benzene rings is 1. The summed E-state index contributed by atoms with van der Waals surface area (Å²) in [5.41, 5.74) is 3.86. The number of aromatic nitrogens is 1. The van der Waals surface area contributed by atoms with Crippen LogP contribution in [0.1, 0.15) is 41.8 Å². The molecule has 0 aliphatic carbocycles. The second-order valence-corrected chi connectivity index (χ2v) is 5.59. The Morgan fingerprint density at radius 3 is 2.82 bits per heavy atom. The highest BCUT2D eigenvalue weighted by Crippen LogP contribution is 2.11. The average Bonchev–Trinajstić information content (AvgIpc) is 2.53. The number of aryl methyl sites for hydroxylation is 1. The minimum atomic E-state index is -0.0824. The molecule has 1 aromatic carbocycles. The Kier molecular flexibility index (Phi) is 5.53. The van der Waals surface area contributed by atoms with Crippen molar-refractivity contribution in [1.29, 1.82) is 0 Å². The lowest BCUT2D eigenvalue weighted by Crippen LogP contribution is -2.32. The first kappa shape index (κ1) is 16.0. The summed E-state index contributed by atoms with van der Waals surface area (Å²) < 4.78 is 0.